The highest BCUT2D eigenvalue weighted by molar-refractivity contribution is 7.89. The number of H-pyrrole nitrogens is 1. The molecular weight excluding hydrogens is 286 g/mol. The SMILES string of the molecule is COCCC(C)(C)CNS(=O)(=O)c1[nH]ncc1C(=O)O. The van der Waals surface area contributed by atoms with E-state index in [4.69, 9.17) is 9.84 Å². The first kappa shape index (κ1) is 16.6. The van der Waals surface area contributed by atoms with Gasteiger partial charge in [0.05, 0.1) is 6.20 Å². The highest BCUT2D eigenvalue weighted by Gasteiger charge is 2.27. The summed E-state index contributed by atoms with van der Waals surface area (Å²) in [7, 11) is -2.37. The Morgan fingerprint density at radius 2 is 2.20 bits per heavy atom. The number of carbonyl (C=O) groups is 1. The van der Waals surface area contributed by atoms with Gasteiger partial charge in [-0.05, 0) is 11.8 Å². The standard InChI is InChI=1S/C11H19N3O5S/c1-11(2,4-5-19-3)7-13-20(17,18)9-8(10(15)16)6-12-14-9/h6,13H,4-5,7H2,1-3H3,(H,12,14)(H,15,16). The zero-order chi connectivity index (χ0) is 15.4. The van der Waals surface area contributed by atoms with Crippen LogP contribution in [0.2, 0.25) is 0 Å². The van der Waals surface area contributed by atoms with E-state index in [1.165, 1.54) is 0 Å². The first-order valence-corrected chi connectivity index (χ1v) is 7.43. The molecule has 1 aromatic rings. The molecule has 0 radical (unpaired) electrons. The fraction of sp³-hybridized carbons (Fsp3) is 0.636. The van der Waals surface area contributed by atoms with Gasteiger partial charge in [-0.1, -0.05) is 13.8 Å². The van der Waals surface area contributed by atoms with Crippen LogP contribution in [0.15, 0.2) is 11.2 Å². The quantitative estimate of drug-likeness (QED) is 0.641. The maximum absolute atomic E-state index is 12.1. The van der Waals surface area contributed by atoms with Crippen LogP contribution in [0, 0.1) is 5.41 Å². The summed E-state index contributed by atoms with van der Waals surface area (Å²) in [6.45, 7) is 4.45. The zero-order valence-corrected chi connectivity index (χ0v) is 12.5. The van der Waals surface area contributed by atoms with Crippen LogP contribution in [0.1, 0.15) is 30.6 Å². The second-order valence-corrected chi connectivity index (χ2v) is 6.85. The number of rotatable bonds is 8. The minimum absolute atomic E-state index is 0.163. The van der Waals surface area contributed by atoms with E-state index in [1.54, 1.807) is 7.11 Å². The lowest BCUT2D eigenvalue weighted by Crippen LogP contribution is -2.35. The Morgan fingerprint density at radius 3 is 2.75 bits per heavy atom. The summed E-state index contributed by atoms with van der Waals surface area (Å²) < 4.78 is 31.5. The fourth-order valence-electron chi connectivity index (χ4n) is 1.46. The topological polar surface area (TPSA) is 121 Å². The number of sulfonamides is 1. The van der Waals surface area contributed by atoms with Gasteiger partial charge in [-0.2, -0.15) is 5.10 Å². The highest BCUT2D eigenvalue weighted by Crippen LogP contribution is 2.20. The molecule has 0 saturated carbocycles. The summed E-state index contributed by atoms with van der Waals surface area (Å²) in [6, 6.07) is 0. The number of methoxy groups -OCH3 is 1. The van der Waals surface area contributed by atoms with Gasteiger partial charge >= 0.3 is 5.97 Å². The van der Waals surface area contributed by atoms with Gasteiger partial charge in [0.2, 0.25) is 0 Å². The van der Waals surface area contributed by atoms with Crippen LogP contribution in [-0.2, 0) is 14.8 Å². The van der Waals surface area contributed by atoms with Crippen molar-refractivity contribution in [1.82, 2.24) is 14.9 Å². The Bertz CT molecular complexity index is 564. The van der Waals surface area contributed by atoms with Gasteiger partial charge in [0.25, 0.3) is 10.0 Å². The average molecular weight is 305 g/mol. The van der Waals surface area contributed by atoms with Crippen LogP contribution in [0.4, 0.5) is 0 Å². The fourth-order valence-corrected chi connectivity index (χ4v) is 2.79. The third-order valence-electron chi connectivity index (χ3n) is 2.83. The van der Waals surface area contributed by atoms with Gasteiger partial charge in [-0.25, -0.2) is 17.9 Å². The number of nitrogens with one attached hydrogen (secondary N) is 2. The third-order valence-corrected chi connectivity index (χ3v) is 4.20. The summed E-state index contributed by atoms with van der Waals surface area (Å²) in [4.78, 5) is 10.9. The predicted octanol–water partition coefficient (Wildman–Crippen LogP) is 0.449. The molecule has 20 heavy (non-hydrogen) atoms. The van der Waals surface area contributed by atoms with Crippen LogP contribution < -0.4 is 4.72 Å². The van der Waals surface area contributed by atoms with Crippen LogP contribution >= 0.6 is 0 Å². The number of carboxylic acid groups (broad SMARTS) is 1. The van der Waals surface area contributed by atoms with Crippen molar-refractivity contribution >= 4 is 16.0 Å². The van der Waals surface area contributed by atoms with E-state index in [9.17, 15) is 13.2 Å². The molecule has 1 rings (SSSR count). The van der Waals surface area contributed by atoms with E-state index in [0.29, 0.717) is 13.0 Å². The summed E-state index contributed by atoms with van der Waals surface area (Å²) in [5.41, 5.74) is -0.695. The summed E-state index contributed by atoms with van der Waals surface area (Å²) in [5, 5.41) is 14.1. The number of ether oxygens (including phenoxy) is 1. The molecule has 0 unspecified atom stereocenters. The molecule has 0 fully saturated rings. The van der Waals surface area contributed by atoms with E-state index in [-0.39, 0.29) is 17.5 Å². The third kappa shape index (κ3) is 4.29. The van der Waals surface area contributed by atoms with E-state index >= 15 is 0 Å². The Morgan fingerprint density at radius 1 is 1.55 bits per heavy atom. The number of aromatic amines is 1. The Kier molecular flexibility index (Phi) is 5.26. The molecule has 0 aliphatic rings. The highest BCUT2D eigenvalue weighted by atomic mass is 32.2. The zero-order valence-electron chi connectivity index (χ0n) is 11.6. The smallest absolute Gasteiger partial charge is 0.340 e. The first-order valence-electron chi connectivity index (χ1n) is 5.95. The van der Waals surface area contributed by atoms with Crippen molar-refractivity contribution in [1.29, 1.82) is 0 Å². The molecule has 0 aromatic carbocycles. The van der Waals surface area contributed by atoms with E-state index in [2.05, 4.69) is 14.9 Å². The van der Waals surface area contributed by atoms with Gasteiger partial charge in [0, 0.05) is 20.3 Å². The molecule has 0 saturated heterocycles. The molecule has 0 aliphatic heterocycles. The summed E-state index contributed by atoms with van der Waals surface area (Å²) in [6.07, 6.45) is 1.63. The van der Waals surface area contributed by atoms with Crippen LogP contribution in [0.5, 0.6) is 0 Å². The van der Waals surface area contributed by atoms with Gasteiger partial charge in [-0.3, -0.25) is 5.10 Å². The molecule has 0 atom stereocenters. The van der Waals surface area contributed by atoms with Gasteiger partial charge in [0.15, 0.2) is 5.03 Å². The molecule has 114 valence electrons. The Hall–Kier alpha value is -1.45. The Balaban J connectivity index is 2.80. The molecule has 1 aromatic heterocycles. The lowest BCUT2D eigenvalue weighted by Gasteiger charge is -2.24. The minimum Gasteiger partial charge on any atom is -0.478 e. The van der Waals surface area contributed by atoms with E-state index < -0.39 is 21.0 Å². The normalized spacial score (nSPS) is 12.6. The molecule has 0 amide bonds. The molecule has 0 spiro atoms. The van der Waals surface area contributed by atoms with Gasteiger partial charge in [0.1, 0.15) is 5.56 Å². The monoisotopic (exact) mass is 305 g/mol. The molecule has 0 aliphatic carbocycles. The number of aromatic nitrogens is 2. The number of nitrogens with zero attached hydrogens (tertiary/aromatic N) is 1. The average Bonchev–Trinajstić information content (AvgIpc) is 2.84. The van der Waals surface area contributed by atoms with Crippen molar-refractivity contribution in [2.45, 2.75) is 25.3 Å². The lowest BCUT2D eigenvalue weighted by atomic mass is 9.90. The number of hydrogen-bond acceptors (Lipinski definition) is 5. The first-order chi connectivity index (χ1) is 9.19. The van der Waals surface area contributed by atoms with Crippen molar-refractivity contribution < 1.29 is 23.1 Å². The number of carboxylic acids is 1. The van der Waals surface area contributed by atoms with Crippen molar-refractivity contribution in [3.63, 3.8) is 0 Å². The van der Waals surface area contributed by atoms with E-state index in [0.717, 1.165) is 6.20 Å². The van der Waals surface area contributed by atoms with Crippen molar-refractivity contribution in [3.8, 4) is 0 Å². The molecule has 1 heterocycles. The maximum atomic E-state index is 12.1. The van der Waals surface area contributed by atoms with Crippen LogP contribution in [0.3, 0.4) is 0 Å². The predicted molar refractivity (Wildman–Crippen MR) is 71.0 cm³/mol. The molecular formula is C11H19N3O5S. The molecule has 3 N–H and O–H groups in total. The van der Waals surface area contributed by atoms with Gasteiger partial charge in [-0.15, -0.1) is 0 Å². The minimum atomic E-state index is -3.94. The van der Waals surface area contributed by atoms with Crippen LogP contribution in [-0.4, -0.2) is 50.0 Å². The maximum Gasteiger partial charge on any atom is 0.340 e. The molecule has 9 heteroatoms. The second-order valence-electron chi connectivity index (χ2n) is 5.15. The van der Waals surface area contributed by atoms with Gasteiger partial charge < -0.3 is 9.84 Å². The van der Waals surface area contributed by atoms with Crippen molar-refractivity contribution in [3.05, 3.63) is 11.8 Å². The summed E-state index contributed by atoms with van der Waals surface area (Å²) in [5.74, 6) is -1.35. The number of aromatic carboxylic acids is 1. The Labute approximate surface area is 117 Å². The van der Waals surface area contributed by atoms with Crippen molar-refractivity contribution in [2.75, 3.05) is 20.3 Å². The second kappa shape index (κ2) is 6.33. The largest absolute Gasteiger partial charge is 0.478 e. The molecule has 0 bridgehead atoms. The molecule has 8 nitrogen and oxygen atoms in total. The lowest BCUT2D eigenvalue weighted by molar-refractivity contribution is 0.0692. The van der Waals surface area contributed by atoms with Crippen LogP contribution in [0.25, 0.3) is 0 Å². The number of hydrogen-bond donors (Lipinski definition) is 3. The van der Waals surface area contributed by atoms with Crippen molar-refractivity contribution in [2.24, 2.45) is 5.41 Å². The van der Waals surface area contributed by atoms with E-state index in [1.807, 2.05) is 13.8 Å². The summed E-state index contributed by atoms with van der Waals surface area (Å²) >= 11 is 0.